The summed E-state index contributed by atoms with van der Waals surface area (Å²) in [5.74, 6) is 3.25. The second-order valence-electron chi connectivity index (χ2n) is 4.79. The highest BCUT2D eigenvalue weighted by atomic mass is 35.7. The van der Waals surface area contributed by atoms with Crippen molar-refractivity contribution in [1.29, 1.82) is 0 Å². The molecule has 0 aromatic rings. The average Bonchev–Trinajstić information content (AvgIpc) is 2.98. The van der Waals surface area contributed by atoms with Gasteiger partial charge in [0.05, 0.1) is 34.0 Å². The summed E-state index contributed by atoms with van der Waals surface area (Å²) in [5, 5.41) is 0. The molecule has 0 amide bonds. The van der Waals surface area contributed by atoms with Gasteiger partial charge in [0.2, 0.25) is 0 Å². The average molecular weight is 278 g/mol. The fourth-order valence-corrected chi connectivity index (χ4v) is 2.69. The van der Waals surface area contributed by atoms with E-state index in [2.05, 4.69) is 17.1 Å². The minimum Gasteiger partial charge on any atom is -0.484 e. The van der Waals surface area contributed by atoms with Gasteiger partial charge in [-0.1, -0.05) is 12.2 Å². The summed E-state index contributed by atoms with van der Waals surface area (Å²) >= 11 is 0. The van der Waals surface area contributed by atoms with Gasteiger partial charge in [-0.2, -0.15) is 14.0 Å². The van der Waals surface area contributed by atoms with E-state index in [9.17, 15) is 0 Å². The SMILES string of the molecule is COC1=NC2C=CC1CC[C@@H]1C[C@H]21.[O-][Cl+3]([O-])([O-])O. The molecular weight excluding hydrogens is 262 g/mol. The first kappa shape index (κ1) is 13.8. The molecule has 2 aliphatic heterocycles. The van der Waals surface area contributed by atoms with E-state index in [4.69, 9.17) is 23.4 Å². The summed E-state index contributed by atoms with van der Waals surface area (Å²) in [7, 11) is -2.95. The van der Waals surface area contributed by atoms with Crippen molar-refractivity contribution in [2.75, 3.05) is 7.11 Å². The Kier molecular flexibility index (Phi) is 3.93. The molecular formula is C11H16ClNO5. The highest BCUT2D eigenvalue weighted by molar-refractivity contribution is 5.82. The van der Waals surface area contributed by atoms with E-state index in [-0.39, 0.29) is 0 Å². The lowest BCUT2D eigenvalue weighted by Crippen LogP contribution is -2.58. The third-order valence-corrected chi connectivity index (χ3v) is 3.61. The van der Waals surface area contributed by atoms with Gasteiger partial charge in [0.1, 0.15) is 0 Å². The maximum atomic E-state index is 8.60. The third kappa shape index (κ3) is 3.66. The van der Waals surface area contributed by atoms with Crippen LogP contribution in [0.3, 0.4) is 0 Å². The van der Waals surface area contributed by atoms with Crippen molar-refractivity contribution in [3.63, 3.8) is 0 Å². The summed E-state index contributed by atoms with van der Waals surface area (Å²) in [5.41, 5.74) is 0. The Hall–Kier alpha value is -0.660. The molecule has 6 nitrogen and oxygen atoms in total. The predicted octanol–water partition coefficient (Wildman–Crippen LogP) is -2.11. The van der Waals surface area contributed by atoms with Crippen molar-refractivity contribution < 1.29 is 33.6 Å². The number of halogens is 1. The van der Waals surface area contributed by atoms with E-state index in [1.54, 1.807) is 7.11 Å². The van der Waals surface area contributed by atoms with Crippen LogP contribution in [0.15, 0.2) is 17.1 Å². The van der Waals surface area contributed by atoms with E-state index in [1.165, 1.54) is 19.3 Å². The number of fused-ring (bicyclic) bond motifs is 1. The zero-order valence-corrected chi connectivity index (χ0v) is 10.7. The van der Waals surface area contributed by atoms with Gasteiger partial charge < -0.3 is 4.74 Å². The molecule has 0 spiro atoms. The molecule has 4 atom stereocenters. The monoisotopic (exact) mass is 277 g/mol. The van der Waals surface area contributed by atoms with Gasteiger partial charge in [0, 0.05) is 0 Å². The molecule has 1 saturated carbocycles. The van der Waals surface area contributed by atoms with E-state index in [0.717, 1.165) is 17.7 Å². The zero-order chi connectivity index (χ0) is 13.3. The normalized spacial score (nSPS) is 36.6. The molecule has 1 fully saturated rings. The number of ether oxygens (including phenoxy) is 1. The second-order valence-corrected chi connectivity index (χ2v) is 5.58. The van der Waals surface area contributed by atoms with E-state index in [1.807, 2.05) is 0 Å². The Morgan fingerprint density at radius 1 is 1.33 bits per heavy atom. The van der Waals surface area contributed by atoms with Gasteiger partial charge in [-0.05, 0) is 31.1 Å². The van der Waals surface area contributed by atoms with Crippen LogP contribution in [0.5, 0.6) is 0 Å². The van der Waals surface area contributed by atoms with Gasteiger partial charge in [-0.15, -0.1) is 0 Å². The van der Waals surface area contributed by atoms with Crippen molar-refractivity contribution in [3.8, 4) is 0 Å². The summed E-state index contributed by atoms with van der Waals surface area (Å²) in [6.07, 6.45) is 8.58. The lowest BCUT2D eigenvalue weighted by atomic mass is 9.92. The van der Waals surface area contributed by atoms with Crippen LogP contribution >= 0.6 is 0 Å². The van der Waals surface area contributed by atoms with Gasteiger partial charge in [-0.3, -0.25) is 0 Å². The zero-order valence-electron chi connectivity index (χ0n) is 9.99. The van der Waals surface area contributed by atoms with Crippen molar-refractivity contribution in [2.45, 2.75) is 25.3 Å². The van der Waals surface area contributed by atoms with Crippen LogP contribution in [0, 0.1) is 28.0 Å². The number of methoxy groups -OCH3 is 1. The largest absolute Gasteiger partial charge is 0.484 e. The number of rotatable bonds is 0. The Bertz CT molecular complexity index is 359. The lowest BCUT2D eigenvalue weighted by molar-refractivity contribution is -1.92. The minimum atomic E-state index is -4.69. The van der Waals surface area contributed by atoms with Crippen LogP contribution < -0.4 is 14.0 Å². The predicted molar refractivity (Wildman–Crippen MR) is 53.9 cm³/mol. The summed E-state index contributed by atoms with van der Waals surface area (Å²) in [4.78, 5) is 4.65. The highest BCUT2D eigenvalue weighted by Crippen LogP contribution is 2.49. The molecule has 0 radical (unpaired) electrons. The Labute approximate surface area is 107 Å². The molecule has 2 unspecified atom stereocenters. The van der Waals surface area contributed by atoms with E-state index < -0.39 is 10.2 Å². The van der Waals surface area contributed by atoms with Crippen LogP contribution in [0.1, 0.15) is 19.3 Å². The molecule has 0 aromatic carbocycles. The molecule has 7 heteroatoms. The van der Waals surface area contributed by atoms with Gasteiger partial charge in [-0.25, -0.2) is 4.99 Å². The Balaban J connectivity index is 0.000000209. The first-order chi connectivity index (χ1) is 8.38. The van der Waals surface area contributed by atoms with E-state index in [0.29, 0.717) is 12.0 Å². The summed E-state index contributed by atoms with van der Waals surface area (Å²) in [6, 6.07) is 0.441. The molecule has 0 aromatic heterocycles. The van der Waals surface area contributed by atoms with Crippen molar-refractivity contribution in [3.05, 3.63) is 12.2 Å². The number of hydrogen-bond donors (Lipinski definition) is 1. The van der Waals surface area contributed by atoms with Gasteiger partial charge in [0.15, 0.2) is 5.90 Å². The van der Waals surface area contributed by atoms with Crippen molar-refractivity contribution in [1.82, 2.24) is 0 Å². The third-order valence-electron chi connectivity index (χ3n) is 3.61. The van der Waals surface area contributed by atoms with Crippen LogP contribution in [-0.2, 0) is 4.74 Å². The first-order valence-electron chi connectivity index (χ1n) is 5.81. The Morgan fingerprint density at radius 3 is 2.61 bits per heavy atom. The molecule has 4 aliphatic rings. The number of aliphatic imine (C=N–C) groups is 1. The van der Waals surface area contributed by atoms with E-state index >= 15 is 0 Å². The maximum absolute atomic E-state index is 8.60. The minimum absolute atomic E-state index is 0.441. The molecule has 18 heavy (non-hydrogen) atoms. The van der Waals surface area contributed by atoms with Crippen LogP contribution in [0.25, 0.3) is 0 Å². The molecule has 2 heterocycles. The fourth-order valence-electron chi connectivity index (χ4n) is 2.69. The topological polar surface area (TPSA) is 111 Å². The van der Waals surface area contributed by atoms with Crippen molar-refractivity contribution >= 4 is 5.90 Å². The maximum Gasteiger partial charge on any atom is 0.190 e. The highest BCUT2D eigenvalue weighted by Gasteiger charge is 2.45. The molecule has 2 bridgehead atoms. The lowest BCUT2D eigenvalue weighted by Gasteiger charge is -2.24. The molecule has 0 saturated heterocycles. The standard InChI is InChI=1S/C11H15NO.ClHO4/c1-13-11-7-2-3-8-6-9(8)10(12-11)5-4-7;2-1(3,4)5/h4-5,7-10H,2-3,6H2,1H3;(H,2,3,4,5)/t7?,8-,9+,10?;/m1./s1. The smallest absolute Gasteiger partial charge is 0.190 e. The van der Waals surface area contributed by atoms with Crippen molar-refractivity contribution in [2.24, 2.45) is 22.7 Å². The first-order valence-corrected chi connectivity index (χ1v) is 7.08. The summed E-state index contributed by atoms with van der Waals surface area (Å²) in [6.45, 7) is 0. The molecule has 2 aliphatic carbocycles. The quantitative estimate of drug-likeness (QED) is 0.510. The number of nitrogens with zero attached hydrogens (tertiary/aromatic N) is 1. The number of dihydropyridines is 1. The molecule has 1 N–H and O–H groups in total. The van der Waals surface area contributed by atoms with Crippen LogP contribution in [-0.4, -0.2) is 23.7 Å². The molecule has 102 valence electrons. The van der Waals surface area contributed by atoms with Crippen LogP contribution in [0.2, 0.25) is 0 Å². The van der Waals surface area contributed by atoms with Crippen LogP contribution in [0.4, 0.5) is 0 Å². The van der Waals surface area contributed by atoms with Gasteiger partial charge in [0.25, 0.3) is 0 Å². The summed E-state index contributed by atoms with van der Waals surface area (Å²) < 4.78 is 38.0. The number of hydrogen-bond acceptors (Lipinski definition) is 6. The second kappa shape index (κ2) is 5.14. The Morgan fingerprint density at radius 2 is 2.00 bits per heavy atom. The van der Waals surface area contributed by atoms with Gasteiger partial charge >= 0.3 is 0 Å². The molecule has 4 rings (SSSR count). The fraction of sp³-hybridized carbons (Fsp3) is 0.727.